The average molecular weight is 387 g/mol. The summed E-state index contributed by atoms with van der Waals surface area (Å²) in [6, 6.07) is 12.2. The molecule has 2 rings (SSSR count). The van der Waals surface area contributed by atoms with E-state index >= 15 is 0 Å². The summed E-state index contributed by atoms with van der Waals surface area (Å²) in [4.78, 5) is 24.7. The number of hydrogen-bond donors (Lipinski definition) is 2. The Hall–Kier alpha value is -2.97. The van der Waals surface area contributed by atoms with Crippen molar-refractivity contribution in [1.29, 1.82) is 0 Å². The minimum absolute atomic E-state index is 0.0910. The van der Waals surface area contributed by atoms with Crippen LogP contribution in [0.4, 0.5) is 5.69 Å². The molecule has 7 nitrogen and oxygen atoms in total. The maximum atomic E-state index is 12.5. The van der Waals surface area contributed by atoms with Gasteiger partial charge in [0.1, 0.15) is 0 Å². The summed E-state index contributed by atoms with van der Waals surface area (Å²) in [5.74, 6) is -0.786. The lowest BCUT2D eigenvalue weighted by atomic mass is 10.1. The van der Waals surface area contributed by atoms with Crippen molar-refractivity contribution in [3.8, 4) is 0 Å². The molecule has 0 bridgehead atoms. The molecule has 0 radical (unpaired) electrons. The quantitative estimate of drug-likeness (QED) is 0.711. The predicted molar refractivity (Wildman–Crippen MR) is 104 cm³/mol. The summed E-state index contributed by atoms with van der Waals surface area (Å²) < 4.78 is 25.3. The first-order valence-electron chi connectivity index (χ1n) is 8.09. The van der Waals surface area contributed by atoms with Gasteiger partial charge in [-0.25, -0.2) is 12.7 Å². The Morgan fingerprint density at radius 1 is 1.04 bits per heavy atom. The first kappa shape index (κ1) is 20.3. The maximum absolute atomic E-state index is 12.5. The van der Waals surface area contributed by atoms with Gasteiger partial charge in [-0.2, -0.15) is 0 Å². The first-order valence-corrected chi connectivity index (χ1v) is 9.53. The highest BCUT2D eigenvalue weighted by Gasteiger charge is 2.18. The summed E-state index contributed by atoms with van der Waals surface area (Å²) in [5.41, 5.74) is 0.947. The molecule has 27 heavy (non-hydrogen) atoms. The van der Waals surface area contributed by atoms with Gasteiger partial charge in [0, 0.05) is 26.2 Å². The molecule has 0 fully saturated rings. The lowest BCUT2D eigenvalue weighted by Gasteiger charge is -2.13. The fraction of sp³-hybridized carbons (Fsp3) is 0.158. The summed E-state index contributed by atoms with van der Waals surface area (Å²) in [5, 5.41) is 5.34. The van der Waals surface area contributed by atoms with Gasteiger partial charge in [-0.15, -0.1) is 6.58 Å². The zero-order valence-corrected chi connectivity index (χ0v) is 15.9. The van der Waals surface area contributed by atoms with Crippen molar-refractivity contribution < 1.29 is 18.0 Å². The largest absolute Gasteiger partial charge is 0.349 e. The van der Waals surface area contributed by atoms with Crippen molar-refractivity contribution in [1.82, 2.24) is 9.62 Å². The van der Waals surface area contributed by atoms with Crippen molar-refractivity contribution >= 4 is 27.5 Å². The minimum Gasteiger partial charge on any atom is -0.349 e. The van der Waals surface area contributed by atoms with Crippen molar-refractivity contribution in [3.05, 3.63) is 72.3 Å². The molecule has 0 aromatic heterocycles. The van der Waals surface area contributed by atoms with Gasteiger partial charge in [0.25, 0.3) is 11.8 Å². The molecule has 2 N–H and O–H groups in total. The van der Waals surface area contributed by atoms with E-state index < -0.39 is 15.9 Å². The van der Waals surface area contributed by atoms with Crippen molar-refractivity contribution in [2.75, 3.05) is 26.0 Å². The summed E-state index contributed by atoms with van der Waals surface area (Å²) in [6.07, 6.45) is 1.56. The second-order valence-corrected chi connectivity index (χ2v) is 7.96. The molecule has 0 heterocycles. The molecule has 2 amide bonds. The van der Waals surface area contributed by atoms with Gasteiger partial charge in [-0.1, -0.05) is 18.2 Å². The zero-order chi connectivity index (χ0) is 20.0. The van der Waals surface area contributed by atoms with Crippen LogP contribution < -0.4 is 10.6 Å². The number of nitrogens with one attached hydrogen (secondary N) is 2. The number of para-hydroxylation sites is 1. The Morgan fingerprint density at radius 3 is 2.26 bits per heavy atom. The maximum Gasteiger partial charge on any atom is 0.255 e. The number of carbonyl (C=O) groups is 2. The van der Waals surface area contributed by atoms with Gasteiger partial charge in [0.05, 0.1) is 16.1 Å². The monoisotopic (exact) mass is 387 g/mol. The molecule has 0 aliphatic heterocycles. The Bertz CT molecular complexity index is 951. The lowest BCUT2D eigenvalue weighted by Crippen LogP contribution is -2.25. The van der Waals surface area contributed by atoms with E-state index in [1.807, 2.05) is 0 Å². The number of amides is 2. The molecule has 142 valence electrons. The Balaban J connectivity index is 2.21. The number of carbonyl (C=O) groups excluding carboxylic acids is 2. The third-order valence-electron chi connectivity index (χ3n) is 3.72. The molecule has 2 aromatic rings. The van der Waals surface area contributed by atoms with Crippen LogP contribution >= 0.6 is 0 Å². The van der Waals surface area contributed by atoms with Gasteiger partial charge in [0.15, 0.2) is 0 Å². The van der Waals surface area contributed by atoms with Crippen molar-refractivity contribution in [2.45, 2.75) is 4.90 Å². The van der Waals surface area contributed by atoms with Gasteiger partial charge < -0.3 is 10.6 Å². The highest BCUT2D eigenvalue weighted by atomic mass is 32.2. The molecule has 0 atom stereocenters. The van der Waals surface area contributed by atoms with Crippen LogP contribution in [0.3, 0.4) is 0 Å². The van der Waals surface area contributed by atoms with E-state index in [4.69, 9.17) is 0 Å². The Kier molecular flexibility index (Phi) is 6.49. The Labute approximate surface area is 158 Å². The van der Waals surface area contributed by atoms with Crippen molar-refractivity contribution in [2.24, 2.45) is 0 Å². The average Bonchev–Trinajstić information content (AvgIpc) is 2.66. The molecule has 0 saturated heterocycles. The molecule has 8 heteroatoms. The van der Waals surface area contributed by atoms with E-state index in [-0.39, 0.29) is 16.4 Å². The second-order valence-electron chi connectivity index (χ2n) is 5.81. The van der Waals surface area contributed by atoms with Crippen LogP contribution in [0.5, 0.6) is 0 Å². The van der Waals surface area contributed by atoms with E-state index in [2.05, 4.69) is 17.2 Å². The zero-order valence-electron chi connectivity index (χ0n) is 15.1. The van der Waals surface area contributed by atoms with Gasteiger partial charge >= 0.3 is 0 Å². The van der Waals surface area contributed by atoms with Crippen LogP contribution in [0.1, 0.15) is 20.7 Å². The highest BCUT2D eigenvalue weighted by Crippen LogP contribution is 2.18. The number of sulfonamides is 1. The molecule has 0 spiro atoms. The van der Waals surface area contributed by atoms with Gasteiger partial charge in [-0.3, -0.25) is 9.59 Å². The smallest absolute Gasteiger partial charge is 0.255 e. The van der Waals surface area contributed by atoms with Crippen LogP contribution in [0.25, 0.3) is 0 Å². The third-order valence-corrected chi connectivity index (χ3v) is 5.55. The molecular weight excluding hydrogens is 366 g/mol. The number of hydrogen-bond acceptors (Lipinski definition) is 4. The molecule has 0 aliphatic rings. The fourth-order valence-electron chi connectivity index (χ4n) is 2.23. The molecule has 0 saturated carbocycles. The fourth-order valence-corrected chi connectivity index (χ4v) is 3.14. The van der Waals surface area contributed by atoms with Crippen LogP contribution in [-0.4, -0.2) is 45.2 Å². The highest BCUT2D eigenvalue weighted by molar-refractivity contribution is 7.89. The second kappa shape index (κ2) is 8.61. The topological polar surface area (TPSA) is 95.6 Å². The lowest BCUT2D eigenvalue weighted by molar-refractivity contribution is 0.0959. The molecule has 0 aliphatic carbocycles. The van der Waals surface area contributed by atoms with Crippen LogP contribution in [0, 0.1) is 0 Å². The van der Waals surface area contributed by atoms with Gasteiger partial charge in [-0.05, 0) is 36.4 Å². The number of anilines is 1. The van der Waals surface area contributed by atoms with E-state index in [0.29, 0.717) is 17.8 Å². The summed E-state index contributed by atoms with van der Waals surface area (Å²) >= 11 is 0. The summed E-state index contributed by atoms with van der Waals surface area (Å²) in [7, 11) is -0.695. The van der Waals surface area contributed by atoms with E-state index in [1.165, 1.54) is 38.4 Å². The van der Waals surface area contributed by atoms with Gasteiger partial charge in [0.2, 0.25) is 10.0 Å². The normalized spacial score (nSPS) is 11.1. The van der Waals surface area contributed by atoms with Crippen LogP contribution in [0.2, 0.25) is 0 Å². The van der Waals surface area contributed by atoms with E-state index in [0.717, 1.165) is 4.31 Å². The summed E-state index contributed by atoms with van der Waals surface area (Å²) in [6.45, 7) is 3.85. The first-order chi connectivity index (χ1) is 12.8. The molecule has 2 aromatic carbocycles. The Morgan fingerprint density at radius 2 is 1.67 bits per heavy atom. The number of nitrogens with zero attached hydrogens (tertiary/aromatic N) is 1. The number of rotatable bonds is 7. The molecular formula is C19H21N3O4S. The van der Waals surface area contributed by atoms with Crippen molar-refractivity contribution in [3.63, 3.8) is 0 Å². The third kappa shape index (κ3) is 4.81. The van der Waals surface area contributed by atoms with E-state index in [9.17, 15) is 18.0 Å². The number of benzene rings is 2. The predicted octanol–water partition coefficient (Wildman–Crippen LogP) is 2.10. The molecule has 0 unspecified atom stereocenters. The SMILES string of the molecule is C=CCNC(=O)c1ccccc1NC(=O)c1ccc(S(=O)(=O)N(C)C)cc1. The standard InChI is InChI=1S/C19H21N3O4S/c1-4-13-20-19(24)16-7-5-6-8-17(16)21-18(23)14-9-11-15(12-10-14)27(25,26)22(2)3/h4-12H,1,13H2,2-3H3,(H,20,24)(H,21,23). The van der Waals surface area contributed by atoms with Crippen LogP contribution in [0.15, 0.2) is 66.1 Å². The minimum atomic E-state index is -3.56. The van der Waals surface area contributed by atoms with E-state index in [1.54, 1.807) is 30.3 Å². The van der Waals surface area contributed by atoms with Crippen LogP contribution in [-0.2, 0) is 10.0 Å².